The van der Waals surface area contributed by atoms with E-state index < -0.39 is 22.0 Å². The van der Waals surface area contributed by atoms with E-state index in [2.05, 4.69) is 5.32 Å². The lowest BCUT2D eigenvalue weighted by Gasteiger charge is -2.29. The average molecular weight is 505 g/mol. The second-order valence-corrected chi connectivity index (χ2v) is 10.3. The van der Waals surface area contributed by atoms with Gasteiger partial charge in [-0.15, -0.1) is 0 Å². The molecule has 0 aliphatic carbocycles. The van der Waals surface area contributed by atoms with Crippen LogP contribution < -0.4 is 5.32 Å². The van der Waals surface area contributed by atoms with Crippen molar-refractivity contribution in [3.63, 3.8) is 0 Å². The number of nitrogens with zero attached hydrogens (tertiary/aromatic N) is 1. The van der Waals surface area contributed by atoms with Crippen LogP contribution in [0.25, 0.3) is 11.0 Å². The number of fused-ring (bicyclic) bond motifs is 1. The molecule has 1 aliphatic rings. The van der Waals surface area contributed by atoms with Gasteiger partial charge in [0.05, 0.1) is 11.5 Å². The minimum absolute atomic E-state index is 0.0289. The largest absolute Gasteiger partial charge is 0.460 e. The molecule has 0 radical (unpaired) electrons. The van der Waals surface area contributed by atoms with Crippen LogP contribution in [0.3, 0.4) is 0 Å². The summed E-state index contributed by atoms with van der Waals surface area (Å²) in [4.78, 5) is 24.9. The molecule has 1 amide bonds. The summed E-state index contributed by atoms with van der Waals surface area (Å²) >= 11 is 5.95. The third kappa shape index (κ3) is 5.11. The van der Waals surface area contributed by atoms with Gasteiger partial charge in [0.1, 0.15) is 11.6 Å². The molecular formula is C24H25ClN2O6S. The Kier molecular flexibility index (Phi) is 7.25. The Morgan fingerprint density at radius 2 is 1.94 bits per heavy atom. The summed E-state index contributed by atoms with van der Waals surface area (Å²) in [6, 6.07) is 11.7. The summed E-state index contributed by atoms with van der Waals surface area (Å²) < 4.78 is 39.1. The first-order valence-electron chi connectivity index (χ1n) is 11.0. The zero-order chi connectivity index (χ0) is 24.3. The molecule has 180 valence electrons. The zero-order valence-electron chi connectivity index (χ0n) is 18.6. The van der Waals surface area contributed by atoms with Gasteiger partial charge < -0.3 is 14.5 Å². The molecule has 1 N–H and O–H groups in total. The number of sulfonamides is 1. The Morgan fingerprint density at radius 3 is 2.68 bits per heavy atom. The standard InChI is InChI=1S/C24H25ClN2O6S/c1-2-32-24(29)22-14-17-13-16(6-11-21(17)33-22)15-27(20-5-3-4-12-26-23(20)28)34(30,31)19-9-7-18(25)8-10-19/h6-11,13-14,20H,2-5,12,15H2,1H3,(H,26,28)/t20-/m1/s1. The number of hydrogen-bond donors (Lipinski definition) is 1. The van der Waals surface area contributed by atoms with Crippen molar-refractivity contribution in [2.24, 2.45) is 0 Å². The number of nitrogens with one attached hydrogen (secondary N) is 1. The fourth-order valence-electron chi connectivity index (χ4n) is 3.98. The van der Waals surface area contributed by atoms with Gasteiger partial charge in [0.25, 0.3) is 0 Å². The highest BCUT2D eigenvalue weighted by Gasteiger charge is 2.36. The summed E-state index contributed by atoms with van der Waals surface area (Å²) in [6.07, 6.45) is 1.92. The fraction of sp³-hybridized carbons (Fsp3) is 0.333. The van der Waals surface area contributed by atoms with Crippen molar-refractivity contribution in [2.75, 3.05) is 13.2 Å². The Hall–Kier alpha value is -2.88. The molecule has 0 bridgehead atoms. The molecule has 1 atom stereocenters. The Labute approximate surface area is 202 Å². The lowest BCUT2D eigenvalue weighted by Crippen LogP contribution is -2.48. The van der Waals surface area contributed by atoms with E-state index in [0.29, 0.717) is 34.5 Å². The highest BCUT2D eigenvalue weighted by Crippen LogP contribution is 2.28. The molecule has 1 aliphatic heterocycles. The molecule has 0 spiro atoms. The van der Waals surface area contributed by atoms with Gasteiger partial charge in [-0.2, -0.15) is 4.31 Å². The molecule has 1 fully saturated rings. The molecular weight excluding hydrogens is 480 g/mol. The maximum Gasteiger partial charge on any atom is 0.374 e. The number of benzene rings is 2. The summed E-state index contributed by atoms with van der Waals surface area (Å²) in [6.45, 7) is 2.42. The number of ether oxygens (including phenoxy) is 1. The van der Waals surface area contributed by atoms with Crippen LogP contribution >= 0.6 is 11.6 Å². The van der Waals surface area contributed by atoms with Gasteiger partial charge in [0, 0.05) is 23.5 Å². The molecule has 0 unspecified atom stereocenters. The minimum Gasteiger partial charge on any atom is -0.460 e. The van der Waals surface area contributed by atoms with Crippen LogP contribution in [0, 0.1) is 0 Å². The van der Waals surface area contributed by atoms with E-state index in [-0.39, 0.29) is 29.7 Å². The van der Waals surface area contributed by atoms with E-state index in [4.69, 9.17) is 20.8 Å². The van der Waals surface area contributed by atoms with Crippen LogP contribution in [0.1, 0.15) is 42.3 Å². The van der Waals surface area contributed by atoms with Gasteiger partial charge in [-0.1, -0.05) is 17.7 Å². The van der Waals surface area contributed by atoms with Crippen LogP contribution in [-0.4, -0.2) is 43.8 Å². The van der Waals surface area contributed by atoms with Crippen LogP contribution in [0.4, 0.5) is 0 Å². The summed E-state index contributed by atoms with van der Waals surface area (Å²) in [5, 5.41) is 3.87. The predicted molar refractivity (Wildman–Crippen MR) is 127 cm³/mol. The van der Waals surface area contributed by atoms with Crippen molar-refractivity contribution in [2.45, 2.75) is 43.7 Å². The smallest absolute Gasteiger partial charge is 0.374 e. The first-order chi connectivity index (χ1) is 16.3. The monoisotopic (exact) mass is 504 g/mol. The maximum absolute atomic E-state index is 13.7. The normalized spacial score (nSPS) is 16.9. The van der Waals surface area contributed by atoms with Crippen LogP contribution in [0.5, 0.6) is 0 Å². The molecule has 8 nitrogen and oxygen atoms in total. The maximum atomic E-state index is 13.7. The van der Waals surface area contributed by atoms with Crippen molar-refractivity contribution in [3.8, 4) is 0 Å². The van der Waals surface area contributed by atoms with E-state index in [1.807, 2.05) is 0 Å². The minimum atomic E-state index is -4.02. The SMILES string of the molecule is CCOC(=O)c1cc2cc(CN([C@@H]3CCCCNC3=O)S(=O)(=O)c3ccc(Cl)cc3)ccc2o1. The van der Waals surface area contributed by atoms with Crippen molar-refractivity contribution < 1.29 is 27.2 Å². The highest BCUT2D eigenvalue weighted by atomic mass is 35.5. The molecule has 3 aromatic rings. The number of carbonyl (C=O) groups is 2. The third-order valence-electron chi connectivity index (χ3n) is 5.67. The van der Waals surface area contributed by atoms with E-state index in [1.165, 1.54) is 28.6 Å². The second kappa shape index (κ2) is 10.2. The fourth-order valence-corrected chi connectivity index (χ4v) is 5.71. The van der Waals surface area contributed by atoms with Crippen molar-refractivity contribution in [1.82, 2.24) is 9.62 Å². The number of carbonyl (C=O) groups excluding carboxylic acids is 2. The summed E-state index contributed by atoms with van der Waals surface area (Å²) in [5.74, 6) is -0.811. The third-order valence-corrected chi connectivity index (χ3v) is 7.79. The van der Waals surface area contributed by atoms with E-state index in [9.17, 15) is 18.0 Å². The Bertz CT molecular complexity index is 1300. The summed E-state index contributed by atoms with van der Waals surface area (Å²) in [5.41, 5.74) is 1.13. The molecule has 2 heterocycles. The average Bonchev–Trinajstić information content (AvgIpc) is 3.13. The number of rotatable bonds is 7. The number of amides is 1. The van der Waals surface area contributed by atoms with Gasteiger partial charge in [0.2, 0.25) is 21.7 Å². The van der Waals surface area contributed by atoms with Gasteiger partial charge in [0.15, 0.2) is 0 Å². The second-order valence-electron chi connectivity index (χ2n) is 8.01. The number of halogens is 1. The summed E-state index contributed by atoms with van der Waals surface area (Å²) in [7, 11) is -4.02. The van der Waals surface area contributed by atoms with Crippen LogP contribution in [0.15, 0.2) is 57.8 Å². The molecule has 4 rings (SSSR count). The first kappa shape index (κ1) is 24.3. The molecule has 1 saturated heterocycles. The lowest BCUT2D eigenvalue weighted by atomic mass is 10.1. The van der Waals surface area contributed by atoms with Gasteiger partial charge in [-0.3, -0.25) is 4.79 Å². The number of furan rings is 1. The molecule has 2 aromatic carbocycles. The number of hydrogen-bond acceptors (Lipinski definition) is 6. The van der Waals surface area contributed by atoms with E-state index >= 15 is 0 Å². The van der Waals surface area contributed by atoms with Crippen molar-refractivity contribution in [1.29, 1.82) is 0 Å². The van der Waals surface area contributed by atoms with Crippen LogP contribution in [0.2, 0.25) is 5.02 Å². The number of esters is 1. The zero-order valence-corrected chi connectivity index (χ0v) is 20.2. The highest BCUT2D eigenvalue weighted by molar-refractivity contribution is 7.89. The molecule has 10 heteroatoms. The van der Waals surface area contributed by atoms with Gasteiger partial charge in [-0.25, -0.2) is 13.2 Å². The van der Waals surface area contributed by atoms with Gasteiger partial charge >= 0.3 is 5.97 Å². The molecule has 0 saturated carbocycles. The Balaban J connectivity index is 1.71. The molecule has 34 heavy (non-hydrogen) atoms. The van der Waals surface area contributed by atoms with E-state index in [1.54, 1.807) is 31.2 Å². The van der Waals surface area contributed by atoms with Crippen molar-refractivity contribution >= 4 is 44.5 Å². The lowest BCUT2D eigenvalue weighted by molar-refractivity contribution is -0.124. The first-order valence-corrected chi connectivity index (χ1v) is 12.9. The van der Waals surface area contributed by atoms with E-state index in [0.717, 1.165) is 12.8 Å². The van der Waals surface area contributed by atoms with Crippen molar-refractivity contribution in [3.05, 3.63) is 64.9 Å². The van der Waals surface area contributed by atoms with Gasteiger partial charge in [-0.05, 0) is 74.2 Å². The van der Waals surface area contributed by atoms with Crippen LogP contribution in [-0.2, 0) is 26.1 Å². The quantitative estimate of drug-likeness (QED) is 0.485. The predicted octanol–water partition coefficient (Wildman–Crippen LogP) is 4.12. The Morgan fingerprint density at radius 1 is 1.18 bits per heavy atom. The molecule has 1 aromatic heterocycles. The topological polar surface area (TPSA) is 106 Å².